The third kappa shape index (κ3) is 2.81. The Morgan fingerprint density at radius 2 is 2.26 bits per heavy atom. The summed E-state index contributed by atoms with van der Waals surface area (Å²) < 4.78 is 5.21. The number of carbonyl (C=O) groups excluding carboxylic acids is 1. The molecule has 1 atom stereocenters. The first-order valence-corrected chi connectivity index (χ1v) is 7.15. The molecule has 2 heterocycles. The first kappa shape index (κ1) is 12.7. The lowest BCUT2D eigenvalue weighted by atomic mass is 10.2. The summed E-state index contributed by atoms with van der Waals surface area (Å²) in [5.41, 5.74) is 0.421. The van der Waals surface area contributed by atoms with E-state index < -0.39 is 0 Å². The van der Waals surface area contributed by atoms with Crippen LogP contribution in [-0.2, 0) is 0 Å². The second-order valence-corrected chi connectivity index (χ2v) is 5.94. The van der Waals surface area contributed by atoms with Crippen LogP contribution in [0.15, 0.2) is 10.6 Å². The van der Waals surface area contributed by atoms with Gasteiger partial charge in [0.05, 0.1) is 0 Å². The summed E-state index contributed by atoms with van der Waals surface area (Å²) in [6, 6.07) is 2.56. The molecule has 0 bridgehead atoms. The van der Waals surface area contributed by atoms with E-state index in [9.17, 15) is 4.79 Å². The molecule has 0 radical (unpaired) electrons. The Kier molecular flexibility index (Phi) is 3.31. The normalized spacial score (nSPS) is 24.1. The third-order valence-corrected chi connectivity index (χ3v) is 4.03. The zero-order valence-electron chi connectivity index (χ0n) is 11.6. The number of amides is 1. The Bertz CT molecular complexity index is 465. The number of nitrogens with zero attached hydrogens (tertiary/aromatic N) is 2. The van der Waals surface area contributed by atoms with E-state index in [1.165, 1.54) is 0 Å². The molecule has 1 saturated heterocycles. The molecular formula is C14H21N3O2. The largest absolute Gasteiger partial charge is 0.360 e. The summed E-state index contributed by atoms with van der Waals surface area (Å²) in [6.07, 6.45) is 3.32. The van der Waals surface area contributed by atoms with Crippen molar-refractivity contribution in [1.82, 2.24) is 15.4 Å². The highest BCUT2D eigenvalue weighted by molar-refractivity contribution is 5.92. The average molecular weight is 263 g/mol. The number of hydrogen-bond acceptors (Lipinski definition) is 4. The van der Waals surface area contributed by atoms with E-state index in [2.05, 4.69) is 29.2 Å². The van der Waals surface area contributed by atoms with Crippen LogP contribution >= 0.6 is 0 Å². The van der Waals surface area contributed by atoms with Gasteiger partial charge in [0.1, 0.15) is 5.76 Å². The molecule has 104 valence electrons. The fraction of sp³-hybridized carbons (Fsp3) is 0.714. The quantitative estimate of drug-likeness (QED) is 0.899. The lowest BCUT2D eigenvalue weighted by Gasteiger charge is -2.20. The zero-order chi connectivity index (χ0) is 13.4. The highest BCUT2D eigenvalue weighted by atomic mass is 16.5. The second kappa shape index (κ2) is 4.96. The van der Waals surface area contributed by atoms with Gasteiger partial charge in [0.15, 0.2) is 5.69 Å². The number of hydrogen-bond donors (Lipinski definition) is 1. The molecule has 1 saturated carbocycles. The average Bonchev–Trinajstić information content (AvgIpc) is 2.92. The highest BCUT2D eigenvalue weighted by Gasteiger charge is 2.30. The SMILES string of the molecule is CC(C)N1CCC(NC(=O)c2cc(C3CC3)on2)C1. The maximum atomic E-state index is 12.1. The molecule has 1 aliphatic heterocycles. The van der Waals surface area contributed by atoms with Crippen LogP contribution in [-0.4, -0.2) is 41.1 Å². The fourth-order valence-corrected chi connectivity index (χ4v) is 2.59. The van der Waals surface area contributed by atoms with Crippen molar-refractivity contribution in [2.75, 3.05) is 13.1 Å². The van der Waals surface area contributed by atoms with E-state index >= 15 is 0 Å². The maximum absolute atomic E-state index is 12.1. The van der Waals surface area contributed by atoms with Crippen LogP contribution in [0.2, 0.25) is 0 Å². The van der Waals surface area contributed by atoms with E-state index in [0.29, 0.717) is 17.7 Å². The van der Waals surface area contributed by atoms with Crippen LogP contribution in [0.3, 0.4) is 0 Å². The highest BCUT2D eigenvalue weighted by Crippen LogP contribution is 2.40. The fourth-order valence-electron chi connectivity index (χ4n) is 2.59. The van der Waals surface area contributed by atoms with Gasteiger partial charge in [0, 0.05) is 37.2 Å². The molecular weight excluding hydrogens is 242 g/mol. The Balaban J connectivity index is 1.55. The Hall–Kier alpha value is -1.36. The molecule has 2 aliphatic rings. The van der Waals surface area contributed by atoms with Crippen LogP contribution < -0.4 is 5.32 Å². The summed E-state index contributed by atoms with van der Waals surface area (Å²) in [5, 5.41) is 6.92. The monoisotopic (exact) mass is 263 g/mol. The van der Waals surface area contributed by atoms with Gasteiger partial charge in [-0.3, -0.25) is 9.69 Å². The van der Waals surface area contributed by atoms with Crippen LogP contribution in [0.1, 0.15) is 55.3 Å². The molecule has 1 amide bonds. The first-order chi connectivity index (χ1) is 9.13. The van der Waals surface area contributed by atoms with Crippen LogP contribution in [0.25, 0.3) is 0 Å². The Morgan fingerprint density at radius 3 is 2.89 bits per heavy atom. The van der Waals surface area contributed by atoms with Crippen molar-refractivity contribution in [3.63, 3.8) is 0 Å². The molecule has 5 heteroatoms. The van der Waals surface area contributed by atoms with E-state index in [4.69, 9.17) is 4.52 Å². The second-order valence-electron chi connectivity index (χ2n) is 5.94. The Morgan fingerprint density at radius 1 is 1.47 bits per heavy atom. The molecule has 2 fully saturated rings. The molecule has 1 aliphatic carbocycles. The molecule has 1 unspecified atom stereocenters. The number of likely N-dealkylation sites (tertiary alicyclic amines) is 1. The van der Waals surface area contributed by atoms with Gasteiger partial charge in [-0.2, -0.15) is 0 Å². The van der Waals surface area contributed by atoms with Crippen molar-refractivity contribution in [1.29, 1.82) is 0 Å². The Labute approximate surface area is 113 Å². The summed E-state index contributed by atoms with van der Waals surface area (Å²) in [4.78, 5) is 14.5. The number of nitrogens with one attached hydrogen (secondary N) is 1. The maximum Gasteiger partial charge on any atom is 0.273 e. The van der Waals surface area contributed by atoms with Gasteiger partial charge in [-0.25, -0.2) is 0 Å². The van der Waals surface area contributed by atoms with Crippen molar-refractivity contribution in [2.24, 2.45) is 0 Å². The first-order valence-electron chi connectivity index (χ1n) is 7.15. The van der Waals surface area contributed by atoms with Crippen LogP contribution in [0.5, 0.6) is 0 Å². The van der Waals surface area contributed by atoms with Gasteiger partial charge in [0.25, 0.3) is 5.91 Å². The minimum absolute atomic E-state index is 0.105. The topological polar surface area (TPSA) is 58.4 Å². The van der Waals surface area contributed by atoms with Gasteiger partial charge in [-0.1, -0.05) is 5.16 Å². The number of rotatable bonds is 4. The van der Waals surface area contributed by atoms with Gasteiger partial charge in [0.2, 0.25) is 0 Å². The molecule has 0 spiro atoms. The van der Waals surface area contributed by atoms with E-state index in [0.717, 1.165) is 38.1 Å². The smallest absolute Gasteiger partial charge is 0.273 e. The van der Waals surface area contributed by atoms with Crippen LogP contribution in [0, 0.1) is 0 Å². The zero-order valence-corrected chi connectivity index (χ0v) is 11.6. The summed E-state index contributed by atoms with van der Waals surface area (Å²) >= 11 is 0. The van der Waals surface area contributed by atoms with Crippen molar-refractivity contribution in [3.05, 3.63) is 17.5 Å². The summed E-state index contributed by atoms with van der Waals surface area (Å²) in [6.45, 7) is 6.35. The standard InChI is InChI=1S/C14H21N3O2/c1-9(2)17-6-5-11(8-17)15-14(18)12-7-13(19-16-12)10-3-4-10/h7,9-11H,3-6,8H2,1-2H3,(H,15,18). The molecule has 1 aromatic heterocycles. The van der Waals surface area contributed by atoms with Gasteiger partial charge < -0.3 is 9.84 Å². The van der Waals surface area contributed by atoms with E-state index in [1.54, 1.807) is 6.07 Å². The molecule has 5 nitrogen and oxygen atoms in total. The molecule has 0 aromatic carbocycles. The lowest BCUT2D eigenvalue weighted by molar-refractivity contribution is 0.0927. The molecule has 3 rings (SSSR count). The van der Waals surface area contributed by atoms with Crippen molar-refractivity contribution in [2.45, 2.75) is 51.1 Å². The third-order valence-electron chi connectivity index (χ3n) is 4.03. The van der Waals surface area contributed by atoms with Gasteiger partial charge in [-0.15, -0.1) is 0 Å². The number of aromatic nitrogens is 1. The minimum Gasteiger partial charge on any atom is -0.360 e. The number of carbonyl (C=O) groups is 1. The summed E-state index contributed by atoms with van der Waals surface area (Å²) in [5.74, 6) is 1.25. The lowest BCUT2D eigenvalue weighted by Crippen LogP contribution is -2.38. The van der Waals surface area contributed by atoms with Gasteiger partial charge in [-0.05, 0) is 33.1 Å². The van der Waals surface area contributed by atoms with Crippen molar-refractivity contribution in [3.8, 4) is 0 Å². The molecule has 1 N–H and O–H groups in total. The van der Waals surface area contributed by atoms with Crippen LogP contribution in [0.4, 0.5) is 0 Å². The predicted octanol–water partition coefficient (Wildman–Crippen LogP) is 1.76. The van der Waals surface area contributed by atoms with Crippen molar-refractivity contribution >= 4 is 5.91 Å². The van der Waals surface area contributed by atoms with Gasteiger partial charge >= 0.3 is 0 Å². The molecule has 1 aromatic rings. The minimum atomic E-state index is -0.105. The van der Waals surface area contributed by atoms with Crippen molar-refractivity contribution < 1.29 is 9.32 Å². The van der Waals surface area contributed by atoms with E-state index in [1.807, 2.05) is 0 Å². The molecule has 19 heavy (non-hydrogen) atoms. The summed E-state index contributed by atoms with van der Waals surface area (Å²) in [7, 11) is 0. The predicted molar refractivity (Wildman–Crippen MR) is 71.1 cm³/mol. The van der Waals surface area contributed by atoms with E-state index in [-0.39, 0.29) is 11.9 Å².